The van der Waals surface area contributed by atoms with Gasteiger partial charge in [-0.1, -0.05) is 17.2 Å². The van der Waals surface area contributed by atoms with Crippen molar-refractivity contribution in [3.63, 3.8) is 0 Å². The van der Waals surface area contributed by atoms with Gasteiger partial charge in [0.1, 0.15) is 5.82 Å². The number of aromatic nitrogens is 3. The monoisotopic (exact) mass is 441 g/mol. The Morgan fingerprint density at radius 2 is 2.00 bits per heavy atom. The standard InChI is InChI=1S/C22H18ClF2N5O/c1-13-6-8-30(21-18(25)3-2-7-26-21)12-16(13)19-10-28-20(11-27-19)29-22(31)15-9-14(24)4-5-17(15)23/h2-5,7,9-11H,6,8,12H2,1H3,(H,28,29,31). The van der Waals surface area contributed by atoms with Gasteiger partial charge in [-0.2, -0.15) is 0 Å². The molecule has 4 rings (SSSR count). The fraction of sp³-hybridized carbons (Fsp3) is 0.182. The normalized spacial score (nSPS) is 14.0. The molecule has 9 heteroatoms. The first-order valence-corrected chi connectivity index (χ1v) is 9.93. The van der Waals surface area contributed by atoms with E-state index in [2.05, 4.69) is 20.3 Å². The van der Waals surface area contributed by atoms with E-state index in [0.29, 0.717) is 24.6 Å². The average Bonchev–Trinajstić information content (AvgIpc) is 2.77. The van der Waals surface area contributed by atoms with Crippen LogP contribution in [0.3, 0.4) is 0 Å². The Morgan fingerprint density at radius 3 is 2.74 bits per heavy atom. The zero-order valence-corrected chi connectivity index (χ0v) is 17.3. The highest BCUT2D eigenvalue weighted by atomic mass is 35.5. The predicted octanol–water partition coefficient (Wildman–Crippen LogP) is 4.74. The van der Waals surface area contributed by atoms with Gasteiger partial charge in [-0.3, -0.25) is 9.78 Å². The zero-order valence-electron chi connectivity index (χ0n) is 16.6. The number of nitrogens with one attached hydrogen (secondary N) is 1. The summed E-state index contributed by atoms with van der Waals surface area (Å²) in [5.74, 6) is -1.02. The number of rotatable bonds is 4. The van der Waals surface area contributed by atoms with Crippen molar-refractivity contribution in [1.82, 2.24) is 15.0 Å². The lowest BCUT2D eigenvalue weighted by Gasteiger charge is -2.30. The largest absolute Gasteiger partial charge is 0.349 e. The lowest BCUT2D eigenvalue weighted by Crippen LogP contribution is -2.32. The molecular weight excluding hydrogens is 424 g/mol. The van der Waals surface area contributed by atoms with Crippen LogP contribution in [0, 0.1) is 11.6 Å². The molecule has 3 heterocycles. The number of carbonyl (C=O) groups excluding carboxylic acids is 1. The number of benzene rings is 1. The molecule has 1 amide bonds. The van der Waals surface area contributed by atoms with Gasteiger partial charge in [0.15, 0.2) is 17.5 Å². The predicted molar refractivity (Wildman–Crippen MR) is 115 cm³/mol. The lowest BCUT2D eigenvalue weighted by molar-refractivity contribution is 0.102. The molecule has 0 bridgehead atoms. The summed E-state index contributed by atoms with van der Waals surface area (Å²) in [7, 11) is 0. The van der Waals surface area contributed by atoms with Gasteiger partial charge < -0.3 is 10.2 Å². The van der Waals surface area contributed by atoms with Crippen LogP contribution in [0.1, 0.15) is 29.4 Å². The van der Waals surface area contributed by atoms with Crippen LogP contribution in [0.15, 0.2) is 54.5 Å². The first-order chi connectivity index (χ1) is 14.9. The molecule has 1 aliphatic heterocycles. The second-order valence-electron chi connectivity index (χ2n) is 7.10. The Hall–Kier alpha value is -3.39. The summed E-state index contributed by atoms with van der Waals surface area (Å²) in [6, 6.07) is 6.49. The van der Waals surface area contributed by atoms with Gasteiger partial charge in [-0.25, -0.2) is 18.7 Å². The molecule has 0 radical (unpaired) electrons. The highest BCUT2D eigenvalue weighted by Crippen LogP contribution is 2.29. The van der Waals surface area contributed by atoms with E-state index in [-0.39, 0.29) is 22.2 Å². The number of halogens is 3. The third kappa shape index (κ3) is 4.54. The minimum atomic E-state index is -0.587. The van der Waals surface area contributed by atoms with Gasteiger partial charge in [0.2, 0.25) is 0 Å². The Kier molecular flexibility index (Phi) is 5.90. The zero-order chi connectivity index (χ0) is 22.0. The Labute approximate surface area is 182 Å². The number of anilines is 2. The maximum absolute atomic E-state index is 14.1. The van der Waals surface area contributed by atoms with E-state index >= 15 is 0 Å². The maximum Gasteiger partial charge on any atom is 0.258 e. The molecule has 0 fully saturated rings. The fourth-order valence-corrected chi connectivity index (χ4v) is 3.56. The second kappa shape index (κ2) is 8.77. The SMILES string of the molecule is CC1=C(c2cnc(NC(=O)c3cc(F)ccc3Cl)cn2)CN(c2ncccc2F)CC1. The Morgan fingerprint density at radius 1 is 1.16 bits per heavy atom. The van der Waals surface area contributed by atoms with Gasteiger partial charge in [-0.15, -0.1) is 0 Å². The van der Waals surface area contributed by atoms with Crippen LogP contribution < -0.4 is 10.2 Å². The van der Waals surface area contributed by atoms with Crippen LogP contribution in [0.5, 0.6) is 0 Å². The third-order valence-electron chi connectivity index (χ3n) is 5.04. The first-order valence-electron chi connectivity index (χ1n) is 9.55. The van der Waals surface area contributed by atoms with Crippen LogP contribution >= 0.6 is 11.6 Å². The molecule has 3 aromatic rings. The Balaban J connectivity index is 1.51. The van der Waals surface area contributed by atoms with Crippen molar-refractivity contribution in [1.29, 1.82) is 0 Å². The molecule has 158 valence electrons. The molecule has 2 aromatic heterocycles. The van der Waals surface area contributed by atoms with E-state index in [0.717, 1.165) is 23.6 Å². The van der Waals surface area contributed by atoms with Gasteiger partial charge >= 0.3 is 0 Å². The molecule has 0 atom stereocenters. The van der Waals surface area contributed by atoms with Crippen LogP contribution in [0.4, 0.5) is 20.4 Å². The van der Waals surface area contributed by atoms with Gasteiger partial charge in [-0.05, 0) is 49.2 Å². The first kappa shape index (κ1) is 20.9. The van der Waals surface area contributed by atoms with E-state index in [1.54, 1.807) is 18.5 Å². The quantitative estimate of drug-likeness (QED) is 0.633. The third-order valence-corrected chi connectivity index (χ3v) is 5.36. The summed E-state index contributed by atoms with van der Waals surface area (Å²) in [4.78, 5) is 27.0. The van der Waals surface area contributed by atoms with Crippen LogP contribution in [0.25, 0.3) is 5.57 Å². The van der Waals surface area contributed by atoms with Crippen LogP contribution in [0.2, 0.25) is 5.02 Å². The molecule has 1 aliphatic rings. The van der Waals surface area contributed by atoms with Crippen LogP contribution in [-0.2, 0) is 0 Å². The fourth-order valence-electron chi connectivity index (χ4n) is 3.35. The molecule has 0 aliphatic carbocycles. The average molecular weight is 442 g/mol. The van der Waals surface area contributed by atoms with Crippen molar-refractivity contribution in [3.8, 4) is 0 Å². The molecular formula is C22H18ClF2N5O. The molecule has 0 saturated carbocycles. The summed E-state index contributed by atoms with van der Waals surface area (Å²) >= 11 is 5.97. The minimum absolute atomic E-state index is 0.00593. The summed E-state index contributed by atoms with van der Waals surface area (Å²) in [5, 5.41) is 2.69. The lowest BCUT2D eigenvalue weighted by atomic mass is 9.99. The van der Waals surface area contributed by atoms with Crippen LogP contribution in [-0.4, -0.2) is 33.9 Å². The number of hydrogen-bond donors (Lipinski definition) is 1. The van der Waals surface area contributed by atoms with E-state index in [1.807, 2.05) is 11.8 Å². The molecule has 0 unspecified atom stereocenters. The van der Waals surface area contributed by atoms with E-state index in [9.17, 15) is 13.6 Å². The molecule has 1 aromatic carbocycles. The summed E-state index contributed by atoms with van der Waals surface area (Å²) in [5.41, 5.74) is 2.69. The molecule has 31 heavy (non-hydrogen) atoms. The molecule has 0 spiro atoms. The van der Waals surface area contributed by atoms with Gasteiger partial charge in [0.25, 0.3) is 5.91 Å². The summed E-state index contributed by atoms with van der Waals surface area (Å²) in [6.07, 6.45) is 5.26. The summed E-state index contributed by atoms with van der Waals surface area (Å²) < 4.78 is 27.6. The smallest absolute Gasteiger partial charge is 0.258 e. The van der Waals surface area contributed by atoms with E-state index in [4.69, 9.17) is 11.6 Å². The topological polar surface area (TPSA) is 71.0 Å². The number of carbonyl (C=O) groups is 1. The molecule has 0 saturated heterocycles. The second-order valence-corrected chi connectivity index (χ2v) is 7.51. The number of hydrogen-bond acceptors (Lipinski definition) is 5. The highest BCUT2D eigenvalue weighted by Gasteiger charge is 2.22. The maximum atomic E-state index is 14.1. The van der Waals surface area contributed by atoms with Crippen molar-refractivity contribution in [3.05, 3.63) is 82.4 Å². The van der Waals surface area contributed by atoms with E-state index < -0.39 is 11.7 Å². The minimum Gasteiger partial charge on any atom is -0.349 e. The van der Waals surface area contributed by atoms with Crippen molar-refractivity contribution in [2.75, 3.05) is 23.3 Å². The highest BCUT2D eigenvalue weighted by molar-refractivity contribution is 6.34. The molecule has 1 N–H and O–H groups in total. The van der Waals surface area contributed by atoms with Crippen molar-refractivity contribution in [2.24, 2.45) is 0 Å². The van der Waals surface area contributed by atoms with Gasteiger partial charge in [0.05, 0.1) is 28.7 Å². The number of nitrogens with zero attached hydrogens (tertiary/aromatic N) is 4. The number of amides is 1. The van der Waals surface area contributed by atoms with Crippen molar-refractivity contribution >= 4 is 34.7 Å². The van der Waals surface area contributed by atoms with Gasteiger partial charge in [0, 0.05) is 19.3 Å². The van der Waals surface area contributed by atoms with Crippen molar-refractivity contribution < 1.29 is 13.6 Å². The van der Waals surface area contributed by atoms with Crippen molar-refractivity contribution in [2.45, 2.75) is 13.3 Å². The Bertz CT molecular complexity index is 1170. The number of pyridine rings is 1. The summed E-state index contributed by atoms with van der Waals surface area (Å²) in [6.45, 7) is 3.10. The molecule has 6 nitrogen and oxygen atoms in total. The van der Waals surface area contributed by atoms with E-state index in [1.165, 1.54) is 24.4 Å².